The van der Waals surface area contributed by atoms with E-state index in [0.717, 1.165) is 6.42 Å². The number of benzene rings is 1. The van der Waals surface area contributed by atoms with Crippen LogP contribution in [0.2, 0.25) is 0 Å². The standard InChI is InChI=1S/C10H14N2O2/c1-2-3-10(13)14-7-4-5-8(11)9(12)6-7/h4-6H,2-3,11-12H2,1H3. The van der Waals surface area contributed by atoms with E-state index in [9.17, 15) is 4.79 Å². The first-order valence-corrected chi connectivity index (χ1v) is 4.49. The molecule has 0 bridgehead atoms. The molecular weight excluding hydrogens is 180 g/mol. The number of carbonyl (C=O) groups is 1. The number of rotatable bonds is 3. The summed E-state index contributed by atoms with van der Waals surface area (Å²) in [5.74, 6) is 0.187. The minimum absolute atomic E-state index is 0.253. The lowest BCUT2D eigenvalue weighted by atomic mass is 10.2. The van der Waals surface area contributed by atoms with Crippen molar-refractivity contribution in [3.8, 4) is 5.75 Å². The SMILES string of the molecule is CCCC(=O)Oc1ccc(N)c(N)c1. The topological polar surface area (TPSA) is 78.3 Å². The summed E-state index contributed by atoms with van der Waals surface area (Å²) >= 11 is 0. The Labute approximate surface area is 82.8 Å². The average molecular weight is 194 g/mol. The number of hydrogen-bond donors (Lipinski definition) is 2. The Morgan fingerprint density at radius 1 is 1.36 bits per heavy atom. The van der Waals surface area contributed by atoms with Gasteiger partial charge in [-0.15, -0.1) is 0 Å². The van der Waals surface area contributed by atoms with Gasteiger partial charge in [0.05, 0.1) is 11.4 Å². The number of ether oxygens (including phenoxy) is 1. The predicted molar refractivity (Wildman–Crippen MR) is 55.8 cm³/mol. The Hall–Kier alpha value is -1.71. The fourth-order valence-electron chi connectivity index (χ4n) is 1.00. The van der Waals surface area contributed by atoms with Gasteiger partial charge in [-0.2, -0.15) is 0 Å². The van der Waals surface area contributed by atoms with Crippen molar-refractivity contribution in [1.82, 2.24) is 0 Å². The third kappa shape index (κ3) is 2.65. The van der Waals surface area contributed by atoms with Crippen LogP contribution in [0, 0.1) is 0 Å². The van der Waals surface area contributed by atoms with Crippen molar-refractivity contribution in [2.24, 2.45) is 0 Å². The van der Waals surface area contributed by atoms with Gasteiger partial charge in [-0.25, -0.2) is 0 Å². The maximum Gasteiger partial charge on any atom is 0.311 e. The third-order valence-corrected chi connectivity index (χ3v) is 1.74. The molecule has 1 rings (SSSR count). The highest BCUT2D eigenvalue weighted by atomic mass is 16.5. The molecule has 0 aliphatic rings. The van der Waals surface area contributed by atoms with E-state index < -0.39 is 0 Å². The van der Waals surface area contributed by atoms with Crippen LogP contribution in [-0.2, 0) is 4.79 Å². The van der Waals surface area contributed by atoms with E-state index in [4.69, 9.17) is 16.2 Å². The van der Waals surface area contributed by atoms with E-state index in [1.165, 1.54) is 0 Å². The second-order valence-electron chi connectivity index (χ2n) is 3.01. The molecule has 0 aliphatic carbocycles. The normalized spacial score (nSPS) is 9.79. The van der Waals surface area contributed by atoms with E-state index in [1.807, 2.05) is 6.92 Å². The van der Waals surface area contributed by atoms with Gasteiger partial charge in [-0.1, -0.05) is 6.92 Å². The Morgan fingerprint density at radius 2 is 2.07 bits per heavy atom. The van der Waals surface area contributed by atoms with E-state index in [-0.39, 0.29) is 5.97 Å². The number of nitrogens with two attached hydrogens (primary N) is 2. The second-order valence-corrected chi connectivity index (χ2v) is 3.01. The molecule has 0 heterocycles. The highest BCUT2D eigenvalue weighted by molar-refractivity contribution is 5.74. The van der Waals surface area contributed by atoms with Gasteiger partial charge in [0, 0.05) is 12.5 Å². The summed E-state index contributed by atoms with van der Waals surface area (Å²) < 4.78 is 5.02. The summed E-state index contributed by atoms with van der Waals surface area (Å²) in [6.07, 6.45) is 1.17. The van der Waals surface area contributed by atoms with Gasteiger partial charge >= 0.3 is 5.97 Å². The number of esters is 1. The minimum atomic E-state index is -0.253. The van der Waals surface area contributed by atoms with Crippen LogP contribution >= 0.6 is 0 Å². The zero-order valence-electron chi connectivity index (χ0n) is 8.12. The summed E-state index contributed by atoms with van der Waals surface area (Å²) in [6.45, 7) is 1.92. The molecule has 14 heavy (non-hydrogen) atoms. The quantitative estimate of drug-likeness (QED) is 0.435. The monoisotopic (exact) mass is 194 g/mol. The molecule has 0 fully saturated rings. The van der Waals surface area contributed by atoms with Crippen LogP contribution in [0.3, 0.4) is 0 Å². The number of anilines is 2. The summed E-state index contributed by atoms with van der Waals surface area (Å²) in [5.41, 5.74) is 12.0. The molecule has 0 atom stereocenters. The lowest BCUT2D eigenvalue weighted by Gasteiger charge is -2.05. The first-order valence-electron chi connectivity index (χ1n) is 4.49. The Morgan fingerprint density at radius 3 is 2.64 bits per heavy atom. The summed E-state index contributed by atoms with van der Waals surface area (Å²) in [6, 6.07) is 4.78. The molecule has 0 aromatic heterocycles. The van der Waals surface area contributed by atoms with Crippen LogP contribution in [0.15, 0.2) is 18.2 Å². The van der Waals surface area contributed by atoms with Crippen molar-refractivity contribution < 1.29 is 9.53 Å². The minimum Gasteiger partial charge on any atom is -0.426 e. The van der Waals surface area contributed by atoms with Gasteiger partial charge in [-0.05, 0) is 18.6 Å². The Bertz CT molecular complexity index is 337. The third-order valence-electron chi connectivity index (χ3n) is 1.74. The average Bonchev–Trinajstić information content (AvgIpc) is 2.12. The lowest BCUT2D eigenvalue weighted by molar-refractivity contribution is -0.134. The molecule has 0 radical (unpaired) electrons. The van der Waals surface area contributed by atoms with Gasteiger partial charge in [0.2, 0.25) is 0 Å². The first kappa shape index (κ1) is 10.4. The van der Waals surface area contributed by atoms with Crippen molar-refractivity contribution in [1.29, 1.82) is 0 Å². The maximum absolute atomic E-state index is 11.1. The molecule has 1 aromatic carbocycles. The summed E-state index contributed by atoms with van der Waals surface area (Å²) in [7, 11) is 0. The molecule has 0 amide bonds. The second kappa shape index (κ2) is 4.50. The Balaban J connectivity index is 2.68. The molecule has 0 saturated carbocycles. The molecule has 0 spiro atoms. The summed E-state index contributed by atoms with van der Waals surface area (Å²) in [5, 5.41) is 0. The zero-order chi connectivity index (χ0) is 10.6. The van der Waals surface area contributed by atoms with E-state index >= 15 is 0 Å². The van der Waals surface area contributed by atoms with Gasteiger partial charge in [-0.3, -0.25) is 4.79 Å². The highest BCUT2D eigenvalue weighted by Crippen LogP contribution is 2.21. The largest absolute Gasteiger partial charge is 0.426 e. The van der Waals surface area contributed by atoms with Crippen LogP contribution in [-0.4, -0.2) is 5.97 Å². The van der Waals surface area contributed by atoms with Crippen LogP contribution in [0.1, 0.15) is 19.8 Å². The van der Waals surface area contributed by atoms with Crippen LogP contribution in [0.25, 0.3) is 0 Å². The number of hydrogen-bond acceptors (Lipinski definition) is 4. The number of carbonyl (C=O) groups excluding carboxylic acids is 1. The van der Waals surface area contributed by atoms with Crippen molar-refractivity contribution in [2.45, 2.75) is 19.8 Å². The number of nitrogen functional groups attached to an aromatic ring is 2. The fraction of sp³-hybridized carbons (Fsp3) is 0.300. The maximum atomic E-state index is 11.1. The molecule has 0 unspecified atom stereocenters. The van der Waals surface area contributed by atoms with Crippen LogP contribution < -0.4 is 16.2 Å². The lowest BCUT2D eigenvalue weighted by Crippen LogP contribution is -2.07. The summed E-state index contributed by atoms with van der Waals surface area (Å²) in [4.78, 5) is 11.1. The smallest absolute Gasteiger partial charge is 0.311 e. The van der Waals surface area contributed by atoms with Crippen molar-refractivity contribution >= 4 is 17.3 Å². The fourth-order valence-corrected chi connectivity index (χ4v) is 1.00. The van der Waals surface area contributed by atoms with Crippen LogP contribution in [0.5, 0.6) is 5.75 Å². The first-order chi connectivity index (χ1) is 6.63. The van der Waals surface area contributed by atoms with Gasteiger partial charge in [0.15, 0.2) is 0 Å². The van der Waals surface area contributed by atoms with E-state index in [1.54, 1.807) is 18.2 Å². The van der Waals surface area contributed by atoms with Gasteiger partial charge < -0.3 is 16.2 Å². The molecule has 4 N–H and O–H groups in total. The van der Waals surface area contributed by atoms with E-state index in [2.05, 4.69) is 0 Å². The van der Waals surface area contributed by atoms with E-state index in [0.29, 0.717) is 23.5 Å². The molecule has 0 aliphatic heterocycles. The zero-order valence-corrected chi connectivity index (χ0v) is 8.12. The molecule has 0 saturated heterocycles. The molecular formula is C10H14N2O2. The van der Waals surface area contributed by atoms with Crippen molar-refractivity contribution in [3.63, 3.8) is 0 Å². The van der Waals surface area contributed by atoms with Gasteiger partial charge in [0.25, 0.3) is 0 Å². The molecule has 76 valence electrons. The molecule has 4 heteroatoms. The molecule has 4 nitrogen and oxygen atoms in total. The molecule has 1 aromatic rings. The van der Waals surface area contributed by atoms with Gasteiger partial charge in [0.1, 0.15) is 5.75 Å². The van der Waals surface area contributed by atoms with Crippen molar-refractivity contribution in [2.75, 3.05) is 11.5 Å². The van der Waals surface area contributed by atoms with Crippen LogP contribution in [0.4, 0.5) is 11.4 Å². The highest BCUT2D eigenvalue weighted by Gasteiger charge is 2.04. The van der Waals surface area contributed by atoms with Crippen molar-refractivity contribution in [3.05, 3.63) is 18.2 Å². The Kier molecular flexibility index (Phi) is 3.34. The predicted octanol–water partition coefficient (Wildman–Crippen LogP) is 1.56.